The SMILES string of the molecule is CB(O)O.c1ccc(P(c2ccccc2)c2ccccc2)cc1. The highest BCUT2D eigenvalue weighted by molar-refractivity contribution is 7.79. The van der Waals surface area contributed by atoms with Crippen molar-refractivity contribution < 1.29 is 10.0 Å². The molecule has 2 N–H and O–H groups in total. The summed E-state index contributed by atoms with van der Waals surface area (Å²) in [5.74, 6) is 0. The van der Waals surface area contributed by atoms with Gasteiger partial charge in [0.15, 0.2) is 0 Å². The van der Waals surface area contributed by atoms with Crippen LogP contribution in [0.15, 0.2) is 91.0 Å². The second-order valence-electron chi connectivity index (χ2n) is 4.97. The first-order valence-electron chi connectivity index (χ1n) is 7.50. The Kier molecular flexibility index (Phi) is 7.02. The molecule has 0 aliphatic rings. The van der Waals surface area contributed by atoms with Gasteiger partial charge in [0.25, 0.3) is 0 Å². The lowest BCUT2D eigenvalue weighted by Gasteiger charge is -2.18. The van der Waals surface area contributed by atoms with Gasteiger partial charge in [0.1, 0.15) is 0 Å². The molecule has 0 amide bonds. The van der Waals surface area contributed by atoms with Crippen molar-refractivity contribution in [1.82, 2.24) is 0 Å². The van der Waals surface area contributed by atoms with E-state index in [1.54, 1.807) is 0 Å². The Morgan fingerprint density at radius 2 is 0.783 bits per heavy atom. The summed E-state index contributed by atoms with van der Waals surface area (Å²) in [5.41, 5.74) is 0. The van der Waals surface area contributed by atoms with Gasteiger partial charge in [-0.15, -0.1) is 0 Å². The minimum absolute atomic E-state index is 0.446. The van der Waals surface area contributed by atoms with E-state index in [0.29, 0.717) is 0 Å². The molecule has 0 saturated heterocycles. The van der Waals surface area contributed by atoms with Gasteiger partial charge in [0, 0.05) is 0 Å². The van der Waals surface area contributed by atoms with Crippen molar-refractivity contribution in [1.29, 1.82) is 0 Å². The molecule has 0 bridgehead atoms. The summed E-state index contributed by atoms with van der Waals surface area (Å²) in [6, 6.07) is 32.3. The lowest BCUT2D eigenvalue weighted by molar-refractivity contribution is 0.417. The minimum atomic E-state index is -1.17. The average molecular weight is 322 g/mol. The third kappa shape index (κ3) is 5.65. The molecule has 0 heterocycles. The molecular weight excluding hydrogens is 302 g/mol. The fourth-order valence-corrected chi connectivity index (χ4v) is 4.48. The summed E-state index contributed by atoms with van der Waals surface area (Å²) in [4.78, 5) is 0. The Labute approximate surface area is 139 Å². The normalized spacial score (nSPS) is 9.91. The molecule has 0 fully saturated rings. The van der Waals surface area contributed by atoms with Crippen LogP contribution in [-0.2, 0) is 0 Å². The molecule has 116 valence electrons. The van der Waals surface area contributed by atoms with Crippen LogP contribution in [0.1, 0.15) is 0 Å². The van der Waals surface area contributed by atoms with Gasteiger partial charge in [-0.1, -0.05) is 91.0 Å². The monoisotopic (exact) mass is 322 g/mol. The fourth-order valence-electron chi connectivity index (χ4n) is 2.18. The number of hydrogen-bond acceptors (Lipinski definition) is 2. The fraction of sp³-hybridized carbons (Fsp3) is 0.0526. The van der Waals surface area contributed by atoms with Crippen molar-refractivity contribution >= 4 is 31.0 Å². The van der Waals surface area contributed by atoms with Crippen molar-refractivity contribution in [3.8, 4) is 0 Å². The first-order valence-corrected chi connectivity index (χ1v) is 8.84. The van der Waals surface area contributed by atoms with Crippen LogP contribution in [0.25, 0.3) is 0 Å². The van der Waals surface area contributed by atoms with E-state index in [4.69, 9.17) is 10.0 Å². The van der Waals surface area contributed by atoms with Gasteiger partial charge in [-0.3, -0.25) is 0 Å². The second-order valence-corrected chi connectivity index (χ2v) is 7.19. The molecule has 0 spiro atoms. The predicted octanol–water partition coefficient (Wildman–Crippen LogP) is 2.53. The van der Waals surface area contributed by atoms with Crippen LogP contribution in [0, 0.1) is 0 Å². The van der Waals surface area contributed by atoms with Crippen molar-refractivity contribution in [2.45, 2.75) is 6.82 Å². The zero-order chi connectivity index (χ0) is 16.5. The highest BCUT2D eigenvalue weighted by Gasteiger charge is 2.14. The summed E-state index contributed by atoms with van der Waals surface area (Å²) in [5, 5.41) is 19.4. The lowest BCUT2D eigenvalue weighted by Crippen LogP contribution is -2.20. The van der Waals surface area contributed by atoms with E-state index in [-0.39, 0.29) is 0 Å². The van der Waals surface area contributed by atoms with Gasteiger partial charge in [0.2, 0.25) is 0 Å². The Morgan fingerprint density at radius 1 is 0.565 bits per heavy atom. The largest absolute Gasteiger partial charge is 0.448 e. The Balaban J connectivity index is 0.000000433. The summed E-state index contributed by atoms with van der Waals surface area (Å²) in [7, 11) is -1.61. The zero-order valence-corrected chi connectivity index (χ0v) is 14.0. The van der Waals surface area contributed by atoms with Gasteiger partial charge >= 0.3 is 7.12 Å². The van der Waals surface area contributed by atoms with E-state index >= 15 is 0 Å². The van der Waals surface area contributed by atoms with E-state index in [1.807, 2.05) is 0 Å². The summed E-state index contributed by atoms with van der Waals surface area (Å²) < 4.78 is 0. The van der Waals surface area contributed by atoms with Crippen LogP contribution >= 0.6 is 7.92 Å². The van der Waals surface area contributed by atoms with Crippen molar-refractivity contribution in [2.24, 2.45) is 0 Å². The molecule has 0 aliphatic carbocycles. The summed E-state index contributed by atoms with van der Waals surface area (Å²) in [6.07, 6.45) is 0. The van der Waals surface area contributed by atoms with E-state index in [9.17, 15) is 0 Å². The molecule has 0 atom stereocenters. The number of benzene rings is 3. The smallest absolute Gasteiger partial charge is 0.427 e. The van der Waals surface area contributed by atoms with E-state index in [2.05, 4.69) is 91.0 Å². The third-order valence-corrected chi connectivity index (χ3v) is 5.49. The van der Waals surface area contributed by atoms with Gasteiger partial charge in [-0.25, -0.2) is 0 Å². The molecule has 0 aromatic heterocycles. The van der Waals surface area contributed by atoms with Crippen LogP contribution < -0.4 is 15.9 Å². The van der Waals surface area contributed by atoms with Crippen LogP contribution in [0.2, 0.25) is 6.82 Å². The second kappa shape index (κ2) is 9.27. The van der Waals surface area contributed by atoms with Gasteiger partial charge in [-0.2, -0.15) is 0 Å². The van der Waals surface area contributed by atoms with Crippen LogP contribution in [-0.4, -0.2) is 17.2 Å². The highest BCUT2D eigenvalue weighted by Crippen LogP contribution is 2.32. The molecule has 3 aromatic carbocycles. The van der Waals surface area contributed by atoms with E-state index in [0.717, 1.165) is 0 Å². The Hall–Kier alpha value is -1.93. The molecule has 3 rings (SSSR count). The first kappa shape index (κ1) is 17.4. The third-order valence-electron chi connectivity index (χ3n) is 3.04. The van der Waals surface area contributed by atoms with E-state index in [1.165, 1.54) is 22.7 Å². The first-order chi connectivity index (χ1) is 11.2. The van der Waals surface area contributed by atoms with E-state index < -0.39 is 15.0 Å². The maximum atomic E-state index is 7.61. The Morgan fingerprint density at radius 3 is 1.00 bits per heavy atom. The van der Waals surface area contributed by atoms with Gasteiger partial charge in [0.05, 0.1) is 0 Å². The number of rotatable bonds is 3. The van der Waals surface area contributed by atoms with Crippen molar-refractivity contribution in [3.63, 3.8) is 0 Å². The molecule has 3 aromatic rings. The molecular formula is C19H20BO2P. The summed E-state index contributed by atoms with van der Waals surface area (Å²) in [6.45, 7) is 1.28. The maximum absolute atomic E-state index is 7.61. The minimum Gasteiger partial charge on any atom is -0.427 e. The van der Waals surface area contributed by atoms with Crippen LogP contribution in [0.3, 0.4) is 0 Å². The molecule has 2 nitrogen and oxygen atoms in total. The predicted molar refractivity (Wildman–Crippen MR) is 101 cm³/mol. The molecule has 0 radical (unpaired) electrons. The molecule has 0 aliphatic heterocycles. The number of hydrogen-bond donors (Lipinski definition) is 2. The van der Waals surface area contributed by atoms with Gasteiger partial charge < -0.3 is 10.0 Å². The average Bonchev–Trinajstić information content (AvgIpc) is 2.58. The standard InChI is InChI=1S/C18H15P.CH5BO2/c1-4-10-16(11-5-1)19(17-12-6-2-7-13-17)18-14-8-3-9-15-18;1-2(3)4/h1-15H;3-4H,1H3. The summed E-state index contributed by atoms with van der Waals surface area (Å²) >= 11 is 0. The van der Waals surface area contributed by atoms with Crippen molar-refractivity contribution in [3.05, 3.63) is 91.0 Å². The lowest BCUT2D eigenvalue weighted by atomic mass is 9.99. The molecule has 23 heavy (non-hydrogen) atoms. The Bertz CT molecular complexity index is 579. The molecule has 0 saturated carbocycles. The van der Waals surface area contributed by atoms with Crippen molar-refractivity contribution in [2.75, 3.05) is 0 Å². The highest BCUT2D eigenvalue weighted by atomic mass is 31.1. The topological polar surface area (TPSA) is 40.5 Å². The maximum Gasteiger partial charge on any atom is 0.448 e. The van der Waals surface area contributed by atoms with Crippen LogP contribution in [0.4, 0.5) is 0 Å². The van der Waals surface area contributed by atoms with Crippen LogP contribution in [0.5, 0.6) is 0 Å². The van der Waals surface area contributed by atoms with Gasteiger partial charge in [-0.05, 0) is 30.7 Å². The molecule has 0 unspecified atom stereocenters. The zero-order valence-electron chi connectivity index (χ0n) is 13.1. The molecule has 4 heteroatoms. The quantitative estimate of drug-likeness (QED) is 0.575.